The molecule has 0 saturated carbocycles. The van der Waals surface area contributed by atoms with Crippen molar-refractivity contribution in [2.75, 3.05) is 5.73 Å². The van der Waals surface area contributed by atoms with E-state index >= 15 is 0 Å². The molecule has 2 nitrogen and oxygen atoms in total. The molecular weight excluding hydrogens is 247 g/mol. The van der Waals surface area contributed by atoms with E-state index in [9.17, 15) is 4.39 Å². The molecule has 16 heavy (non-hydrogen) atoms. The lowest BCUT2D eigenvalue weighted by molar-refractivity contribution is 0.625. The molecule has 0 saturated heterocycles. The van der Waals surface area contributed by atoms with E-state index in [0.29, 0.717) is 20.6 Å². The fourth-order valence-electron chi connectivity index (χ4n) is 1.20. The van der Waals surface area contributed by atoms with Crippen molar-refractivity contribution in [3.63, 3.8) is 0 Å². The van der Waals surface area contributed by atoms with E-state index in [4.69, 9.17) is 17.3 Å². The van der Waals surface area contributed by atoms with E-state index in [1.54, 1.807) is 24.4 Å². The molecule has 1 aromatic heterocycles. The van der Waals surface area contributed by atoms with Crippen molar-refractivity contribution in [1.29, 1.82) is 0 Å². The number of aromatic nitrogens is 1. The van der Waals surface area contributed by atoms with E-state index in [0.717, 1.165) is 0 Å². The van der Waals surface area contributed by atoms with Gasteiger partial charge in [-0.2, -0.15) is 0 Å². The summed E-state index contributed by atoms with van der Waals surface area (Å²) in [6.45, 7) is 0. The first-order valence-corrected chi connectivity index (χ1v) is 5.69. The number of halogens is 2. The molecule has 2 aromatic rings. The van der Waals surface area contributed by atoms with Gasteiger partial charge < -0.3 is 5.73 Å². The third-order valence-corrected chi connectivity index (χ3v) is 3.24. The van der Waals surface area contributed by atoms with Gasteiger partial charge in [-0.1, -0.05) is 23.4 Å². The van der Waals surface area contributed by atoms with Crippen LogP contribution in [0.2, 0.25) is 5.02 Å². The summed E-state index contributed by atoms with van der Waals surface area (Å²) in [5.41, 5.74) is 5.93. The standard InChI is InChI=1S/C11H8ClFN2S/c12-10-2-1-3-15-11(10)16-9-5-7(13)4-8(14)6-9/h1-6H,14H2. The van der Waals surface area contributed by atoms with Gasteiger partial charge in [-0.05, 0) is 30.3 Å². The van der Waals surface area contributed by atoms with Gasteiger partial charge in [0, 0.05) is 16.8 Å². The predicted molar refractivity (Wildman–Crippen MR) is 64.2 cm³/mol. The van der Waals surface area contributed by atoms with Crippen LogP contribution in [0, 0.1) is 5.82 Å². The van der Waals surface area contributed by atoms with E-state index in [2.05, 4.69) is 4.98 Å². The molecule has 0 amide bonds. The summed E-state index contributed by atoms with van der Waals surface area (Å²) < 4.78 is 13.1. The van der Waals surface area contributed by atoms with Gasteiger partial charge in [0.05, 0.1) is 5.02 Å². The van der Waals surface area contributed by atoms with Gasteiger partial charge in [0.25, 0.3) is 0 Å². The summed E-state index contributed by atoms with van der Waals surface area (Å²) >= 11 is 7.22. The molecule has 0 atom stereocenters. The van der Waals surface area contributed by atoms with Gasteiger partial charge in [0.1, 0.15) is 10.8 Å². The van der Waals surface area contributed by atoms with Crippen LogP contribution in [0.4, 0.5) is 10.1 Å². The Morgan fingerprint density at radius 1 is 1.31 bits per heavy atom. The number of pyridine rings is 1. The molecule has 5 heteroatoms. The number of hydrogen-bond donors (Lipinski definition) is 1. The third-order valence-electron chi connectivity index (χ3n) is 1.83. The second-order valence-corrected chi connectivity index (χ2v) is 4.58. The minimum atomic E-state index is -0.366. The minimum Gasteiger partial charge on any atom is -0.399 e. The minimum absolute atomic E-state index is 0.366. The van der Waals surface area contributed by atoms with Gasteiger partial charge in [-0.15, -0.1) is 0 Å². The highest BCUT2D eigenvalue weighted by Gasteiger charge is 2.05. The maximum absolute atomic E-state index is 13.1. The van der Waals surface area contributed by atoms with E-state index in [1.807, 2.05) is 0 Å². The number of benzene rings is 1. The lowest BCUT2D eigenvalue weighted by Crippen LogP contribution is -1.88. The first-order chi connectivity index (χ1) is 7.65. The van der Waals surface area contributed by atoms with Crippen LogP contribution in [0.1, 0.15) is 0 Å². The summed E-state index contributed by atoms with van der Waals surface area (Å²) in [6, 6.07) is 7.82. The Balaban J connectivity index is 2.30. The van der Waals surface area contributed by atoms with Crippen LogP contribution >= 0.6 is 23.4 Å². The number of nitrogen functional groups attached to an aromatic ring is 1. The van der Waals surface area contributed by atoms with Gasteiger partial charge in [0.2, 0.25) is 0 Å². The summed E-state index contributed by atoms with van der Waals surface area (Å²) in [7, 11) is 0. The Morgan fingerprint density at radius 3 is 2.81 bits per heavy atom. The van der Waals surface area contributed by atoms with Gasteiger partial charge >= 0.3 is 0 Å². The fraction of sp³-hybridized carbons (Fsp3) is 0. The molecule has 0 aliphatic rings. The normalized spacial score (nSPS) is 10.4. The molecule has 0 radical (unpaired) electrons. The van der Waals surface area contributed by atoms with Crippen molar-refractivity contribution in [2.24, 2.45) is 0 Å². The highest BCUT2D eigenvalue weighted by Crippen LogP contribution is 2.32. The zero-order valence-corrected chi connectivity index (χ0v) is 9.73. The van der Waals surface area contributed by atoms with Gasteiger partial charge in [-0.3, -0.25) is 0 Å². The van der Waals surface area contributed by atoms with Crippen LogP contribution in [0.15, 0.2) is 46.5 Å². The van der Waals surface area contributed by atoms with E-state index in [1.165, 1.54) is 23.9 Å². The number of anilines is 1. The molecule has 0 fully saturated rings. The van der Waals surface area contributed by atoms with Crippen LogP contribution in [-0.4, -0.2) is 4.98 Å². The second-order valence-electron chi connectivity index (χ2n) is 3.11. The smallest absolute Gasteiger partial charge is 0.126 e. The summed E-state index contributed by atoms with van der Waals surface area (Å²) in [4.78, 5) is 4.78. The maximum atomic E-state index is 13.1. The molecule has 0 aliphatic heterocycles. The van der Waals surface area contributed by atoms with Crippen molar-refractivity contribution < 1.29 is 4.39 Å². The average molecular weight is 255 g/mol. The zero-order chi connectivity index (χ0) is 11.5. The molecule has 2 N–H and O–H groups in total. The Morgan fingerprint density at radius 2 is 2.12 bits per heavy atom. The first kappa shape index (κ1) is 11.2. The van der Waals surface area contributed by atoms with Crippen LogP contribution in [-0.2, 0) is 0 Å². The van der Waals surface area contributed by atoms with E-state index in [-0.39, 0.29) is 5.82 Å². The molecule has 0 spiro atoms. The van der Waals surface area contributed by atoms with Crippen molar-refractivity contribution in [3.05, 3.63) is 47.4 Å². The summed E-state index contributed by atoms with van der Waals surface area (Å²) in [6.07, 6.45) is 1.64. The molecule has 0 unspecified atom stereocenters. The Bertz CT molecular complexity index is 499. The van der Waals surface area contributed by atoms with Crippen LogP contribution in [0.3, 0.4) is 0 Å². The highest BCUT2D eigenvalue weighted by molar-refractivity contribution is 7.99. The zero-order valence-electron chi connectivity index (χ0n) is 8.15. The Kier molecular flexibility index (Phi) is 3.31. The Hall–Kier alpha value is -1.26. The van der Waals surface area contributed by atoms with Crippen LogP contribution in [0.5, 0.6) is 0 Å². The largest absolute Gasteiger partial charge is 0.399 e. The summed E-state index contributed by atoms with van der Waals surface area (Å²) in [5, 5.41) is 1.17. The van der Waals surface area contributed by atoms with Crippen molar-refractivity contribution in [1.82, 2.24) is 4.98 Å². The highest BCUT2D eigenvalue weighted by atomic mass is 35.5. The monoisotopic (exact) mass is 254 g/mol. The quantitative estimate of drug-likeness (QED) is 0.832. The fourth-order valence-corrected chi connectivity index (χ4v) is 2.31. The van der Waals surface area contributed by atoms with Crippen molar-refractivity contribution >= 4 is 29.1 Å². The number of hydrogen-bond acceptors (Lipinski definition) is 3. The van der Waals surface area contributed by atoms with Crippen molar-refractivity contribution in [3.8, 4) is 0 Å². The van der Waals surface area contributed by atoms with Crippen LogP contribution in [0.25, 0.3) is 0 Å². The van der Waals surface area contributed by atoms with Crippen molar-refractivity contribution in [2.45, 2.75) is 9.92 Å². The first-order valence-electron chi connectivity index (χ1n) is 4.49. The van der Waals surface area contributed by atoms with Gasteiger partial charge in [0.15, 0.2) is 0 Å². The number of rotatable bonds is 2. The number of nitrogens with two attached hydrogens (primary N) is 1. The average Bonchev–Trinajstić information content (AvgIpc) is 2.20. The van der Waals surface area contributed by atoms with Crippen LogP contribution < -0.4 is 5.73 Å². The SMILES string of the molecule is Nc1cc(F)cc(Sc2ncccc2Cl)c1. The molecule has 0 aliphatic carbocycles. The Labute approximate surface area is 102 Å². The molecule has 0 bridgehead atoms. The third kappa shape index (κ3) is 2.65. The lowest BCUT2D eigenvalue weighted by Gasteiger charge is -2.03. The second kappa shape index (κ2) is 4.72. The molecule has 1 aromatic carbocycles. The topological polar surface area (TPSA) is 38.9 Å². The summed E-state index contributed by atoms with van der Waals surface area (Å²) in [5.74, 6) is -0.366. The maximum Gasteiger partial charge on any atom is 0.126 e. The molecule has 2 rings (SSSR count). The number of nitrogens with zero attached hydrogens (tertiary/aromatic N) is 1. The van der Waals surface area contributed by atoms with E-state index < -0.39 is 0 Å². The molecule has 82 valence electrons. The lowest BCUT2D eigenvalue weighted by atomic mass is 10.3. The van der Waals surface area contributed by atoms with Gasteiger partial charge in [-0.25, -0.2) is 9.37 Å². The predicted octanol–water partition coefficient (Wildman–Crippen LogP) is 3.61. The molecular formula is C11H8ClFN2S. The molecule has 1 heterocycles.